The summed E-state index contributed by atoms with van der Waals surface area (Å²) in [7, 11) is 1.85. The lowest BCUT2D eigenvalue weighted by molar-refractivity contribution is 0.101. The molecular formula is C29H46N4O4. The number of pyridine rings is 1. The number of rotatable bonds is 3. The van der Waals surface area contributed by atoms with Crippen molar-refractivity contribution in [1.29, 1.82) is 0 Å². The number of carbonyl (C=O) groups excluding carboxylic acids is 2. The highest BCUT2D eigenvalue weighted by Gasteiger charge is 2.05. The van der Waals surface area contributed by atoms with Gasteiger partial charge in [0.1, 0.15) is 17.1 Å². The summed E-state index contributed by atoms with van der Waals surface area (Å²) in [6.07, 6.45) is 4.38. The second-order valence-corrected chi connectivity index (χ2v) is 7.78. The number of aliphatic hydroxyl groups excluding tert-OH is 1. The molecule has 0 spiro atoms. The van der Waals surface area contributed by atoms with E-state index < -0.39 is 0 Å². The highest BCUT2D eigenvalue weighted by Crippen LogP contribution is 2.19. The number of aldehydes is 1. The number of benzene rings is 1. The Morgan fingerprint density at radius 1 is 1.08 bits per heavy atom. The molecule has 206 valence electrons. The van der Waals surface area contributed by atoms with E-state index in [1.165, 1.54) is 6.92 Å². The third-order valence-electron chi connectivity index (χ3n) is 3.85. The van der Waals surface area contributed by atoms with Gasteiger partial charge in [-0.1, -0.05) is 48.5 Å². The van der Waals surface area contributed by atoms with E-state index in [9.17, 15) is 9.59 Å². The van der Waals surface area contributed by atoms with Gasteiger partial charge in [0, 0.05) is 43.9 Å². The first-order valence-corrected chi connectivity index (χ1v) is 12.7. The molecule has 1 aromatic carbocycles. The first kappa shape index (κ1) is 35.5. The fourth-order valence-electron chi connectivity index (χ4n) is 2.52. The Hall–Kier alpha value is -3.65. The molecule has 0 aliphatic heterocycles. The van der Waals surface area contributed by atoms with Gasteiger partial charge in [-0.2, -0.15) is 0 Å². The second kappa shape index (κ2) is 20.5. The van der Waals surface area contributed by atoms with Crippen molar-refractivity contribution < 1.29 is 19.8 Å². The quantitative estimate of drug-likeness (QED) is 0.173. The van der Waals surface area contributed by atoms with E-state index >= 15 is 0 Å². The van der Waals surface area contributed by atoms with Crippen molar-refractivity contribution in [3.63, 3.8) is 0 Å². The molecule has 0 radical (unpaired) electrons. The average molecular weight is 515 g/mol. The van der Waals surface area contributed by atoms with Crippen molar-refractivity contribution in [2.24, 2.45) is 5.92 Å². The number of phenolic OH excluding ortho intramolecular Hbond substituents is 1. The minimum atomic E-state index is -0.0142. The highest BCUT2D eigenvalue weighted by atomic mass is 16.3. The zero-order valence-electron chi connectivity index (χ0n) is 24.1. The number of aromatic nitrogens is 3. The van der Waals surface area contributed by atoms with Gasteiger partial charge in [-0.25, -0.2) is 4.98 Å². The Labute approximate surface area is 221 Å². The normalized spacial score (nSPS) is 9.08. The van der Waals surface area contributed by atoms with Crippen molar-refractivity contribution in [2.75, 3.05) is 19.0 Å². The van der Waals surface area contributed by atoms with Gasteiger partial charge >= 0.3 is 0 Å². The van der Waals surface area contributed by atoms with Crippen LogP contribution in [0.4, 0.5) is 5.69 Å². The van der Waals surface area contributed by atoms with Gasteiger partial charge in [0.2, 0.25) is 0 Å². The van der Waals surface area contributed by atoms with E-state index in [0.29, 0.717) is 11.4 Å². The standard InChI is InChI=1S/C10H11N3O.C9H7NO2.C4H10.C2H6O.2C2H6/c1-7(14)9-6-13-5-8(11-2)3-4-10(13)12-9;11-5-7-3-6-4-8(12)1-2-9(6)10-7;1-4(2)3;1-2-3;2*1-2/h3-6,11H,1-2H3;1-5,10,12H;4H,1-3H3;3H,2H2,1H3;2*1-2H3. The van der Waals surface area contributed by atoms with E-state index in [4.69, 9.17) is 10.2 Å². The first-order chi connectivity index (χ1) is 17.6. The van der Waals surface area contributed by atoms with Crippen molar-refractivity contribution in [3.05, 3.63) is 60.2 Å². The molecule has 0 unspecified atom stereocenters. The maximum Gasteiger partial charge on any atom is 0.179 e. The summed E-state index contributed by atoms with van der Waals surface area (Å²) in [5, 5.41) is 20.5. The van der Waals surface area contributed by atoms with Gasteiger partial charge in [-0.05, 0) is 49.2 Å². The number of nitrogens with zero attached hydrogens (tertiary/aromatic N) is 2. The van der Waals surface area contributed by atoms with Crippen LogP contribution in [0.1, 0.15) is 83.3 Å². The Balaban J connectivity index is 0. The lowest BCUT2D eigenvalue weighted by atomic mass is 10.2. The number of H-pyrrole nitrogens is 1. The fourth-order valence-corrected chi connectivity index (χ4v) is 2.52. The van der Waals surface area contributed by atoms with Gasteiger partial charge in [0.15, 0.2) is 12.1 Å². The molecule has 8 nitrogen and oxygen atoms in total. The molecule has 3 heterocycles. The molecule has 0 aliphatic rings. The lowest BCUT2D eigenvalue weighted by Gasteiger charge is -1.99. The molecule has 0 amide bonds. The van der Waals surface area contributed by atoms with Gasteiger partial charge < -0.3 is 24.9 Å². The number of carbonyl (C=O) groups is 2. The molecule has 4 N–H and O–H groups in total. The zero-order chi connectivity index (χ0) is 29.0. The number of nitrogens with one attached hydrogen (secondary N) is 2. The second-order valence-electron chi connectivity index (χ2n) is 7.78. The number of aromatic hydroxyl groups is 1. The van der Waals surface area contributed by atoms with Crippen LogP contribution in [0.3, 0.4) is 0 Å². The summed E-state index contributed by atoms with van der Waals surface area (Å²) in [5.74, 6) is 1.03. The number of anilines is 1. The maximum absolute atomic E-state index is 11.1. The molecule has 37 heavy (non-hydrogen) atoms. The Bertz CT molecular complexity index is 1160. The summed E-state index contributed by atoms with van der Waals surface area (Å²) in [5.41, 5.74) is 3.66. The molecule has 4 rings (SSSR count). The number of hydrogen-bond donors (Lipinski definition) is 4. The van der Waals surface area contributed by atoms with Crippen LogP contribution in [0.15, 0.2) is 48.8 Å². The Kier molecular flexibility index (Phi) is 19.7. The smallest absolute Gasteiger partial charge is 0.179 e. The van der Waals surface area contributed by atoms with E-state index in [1.807, 2.05) is 57.5 Å². The summed E-state index contributed by atoms with van der Waals surface area (Å²) >= 11 is 0. The molecule has 8 heteroatoms. The van der Waals surface area contributed by atoms with E-state index in [-0.39, 0.29) is 18.1 Å². The van der Waals surface area contributed by atoms with Crippen molar-refractivity contribution in [3.8, 4) is 5.75 Å². The number of phenols is 1. The zero-order valence-corrected chi connectivity index (χ0v) is 24.1. The number of hydrogen-bond acceptors (Lipinski definition) is 6. The first-order valence-electron chi connectivity index (χ1n) is 12.7. The van der Waals surface area contributed by atoms with Gasteiger partial charge in [0.25, 0.3) is 0 Å². The number of aromatic amines is 1. The fraction of sp³-hybridized carbons (Fsp3) is 0.414. The van der Waals surface area contributed by atoms with Crippen LogP contribution in [0.25, 0.3) is 16.6 Å². The number of ketones is 1. The summed E-state index contributed by atoms with van der Waals surface area (Å²) in [4.78, 5) is 28.5. The summed E-state index contributed by atoms with van der Waals surface area (Å²) in [6.45, 7) is 17.9. The Morgan fingerprint density at radius 3 is 2.14 bits per heavy atom. The molecule has 0 aliphatic carbocycles. The average Bonchev–Trinajstić information content (AvgIpc) is 3.50. The van der Waals surface area contributed by atoms with Crippen molar-refractivity contribution >= 4 is 34.3 Å². The van der Waals surface area contributed by atoms with Crippen molar-refractivity contribution in [1.82, 2.24) is 14.4 Å². The highest BCUT2D eigenvalue weighted by molar-refractivity contribution is 5.92. The molecule has 0 bridgehead atoms. The number of imidazole rings is 1. The van der Waals surface area contributed by atoms with Crippen LogP contribution in [0, 0.1) is 5.92 Å². The molecule has 3 aromatic heterocycles. The van der Waals surface area contributed by atoms with Gasteiger partial charge in [0.05, 0.1) is 11.4 Å². The predicted molar refractivity (Wildman–Crippen MR) is 156 cm³/mol. The molecule has 4 aromatic rings. The number of fused-ring (bicyclic) bond motifs is 2. The summed E-state index contributed by atoms with van der Waals surface area (Å²) < 4.78 is 1.84. The largest absolute Gasteiger partial charge is 0.508 e. The van der Waals surface area contributed by atoms with Crippen LogP contribution in [-0.4, -0.2) is 50.3 Å². The molecule has 0 atom stereocenters. The Morgan fingerprint density at radius 2 is 1.65 bits per heavy atom. The third kappa shape index (κ3) is 13.9. The lowest BCUT2D eigenvalue weighted by Crippen LogP contribution is -1.90. The molecule has 0 saturated heterocycles. The van der Waals surface area contributed by atoms with E-state index in [1.54, 1.807) is 37.4 Å². The SMILES string of the molecule is CC.CC.CC(C)C.CCO.CNc1ccc2nc(C(C)=O)cn2c1.O=Cc1cc2cc(O)ccc2[nH]1. The predicted octanol–water partition coefficient (Wildman–Crippen LogP) is 6.98. The number of aliphatic hydroxyl groups is 1. The number of Topliss-reactive ketones (excluding diaryl/α,β-unsaturated/α-hetero) is 1. The van der Waals surface area contributed by atoms with E-state index in [0.717, 1.165) is 34.4 Å². The van der Waals surface area contributed by atoms with Gasteiger partial charge in [-0.15, -0.1) is 0 Å². The van der Waals surface area contributed by atoms with Gasteiger partial charge in [-0.3, -0.25) is 9.59 Å². The van der Waals surface area contributed by atoms with E-state index in [2.05, 4.69) is 36.1 Å². The van der Waals surface area contributed by atoms with Crippen LogP contribution < -0.4 is 5.32 Å². The van der Waals surface area contributed by atoms with Crippen LogP contribution in [0.5, 0.6) is 5.75 Å². The maximum atomic E-state index is 11.1. The van der Waals surface area contributed by atoms with Crippen LogP contribution in [-0.2, 0) is 0 Å². The van der Waals surface area contributed by atoms with Crippen LogP contribution >= 0.6 is 0 Å². The third-order valence-corrected chi connectivity index (χ3v) is 3.85. The minimum absolute atomic E-state index is 0.0142. The molecular weight excluding hydrogens is 468 g/mol. The molecule has 0 saturated carbocycles. The topological polar surface area (TPSA) is 120 Å². The van der Waals surface area contributed by atoms with Crippen molar-refractivity contribution in [2.45, 2.75) is 62.3 Å². The molecule has 0 fully saturated rings. The summed E-state index contributed by atoms with van der Waals surface area (Å²) in [6, 6.07) is 10.4. The van der Waals surface area contributed by atoms with Crippen LogP contribution in [0.2, 0.25) is 0 Å². The minimum Gasteiger partial charge on any atom is -0.508 e. The monoisotopic (exact) mass is 514 g/mol.